The Morgan fingerprint density at radius 1 is 1.14 bits per heavy atom. The number of ether oxygens (including phenoxy) is 2. The van der Waals surface area contributed by atoms with E-state index in [0.717, 1.165) is 6.42 Å². The Hall–Kier alpha value is -0.426. The van der Waals surface area contributed by atoms with Gasteiger partial charge in [-0.2, -0.15) is 0 Å². The molecule has 1 unspecified atom stereocenters. The predicted octanol–water partition coefficient (Wildman–Crippen LogP) is 5.49. The summed E-state index contributed by atoms with van der Waals surface area (Å²) in [6.45, 7) is 23.8. The number of aliphatic hydroxyl groups is 1. The normalized spacial score (nSPS) is 25.0. The standard InChI is InChI=1S/C23H44O4Si2/c1-18(27-29(10,11)22(2,3)4)14-12-15-19(24)21-20(25-23(5,6)26-21)16-13-17-28(7,8)9/h12,15,18-21,24H,14,16H2,1-11H3/b15-12-/t18-,19?,20+,21-/m1/s1. The van der Waals surface area contributed by atoms with Gasteiger partial charge < -0.3 is 19.0 Å². The molecule has 0 aliphatic carbocycles. The molecule has 1 N–H and O–H groups in total. The minimum Gasteiger partial charge on any atom is -0.414 e. The zero-order valence-electron chi connectivity index (χ0n) is 20.6. The molecule has 29 heavy (non-hydrogen) atoms. The molecule has 1 aliphatic heterocycles. The maximum Gasteiger partial charge on any atom is 0.192 e. The molecule has 4 atom stereocenters. The van der Waals surface area contributed by atoms with Gasteiger partial charge in [0.2, 0.25) is 0 Å². The lowest BCUT2D eigenvalue weighted by Gasteiger charge is -2.38. The van der Waals surface area contributed by atoms with Crippen molar-refractivity contribution < 1.29 is 19.0 Å². The largest absolute Gasteiger partial charge is 0.414 e. The molecule has 1 heterocycles. The first-order chi connectivity index (χ1) is 12.9. The van der Waals surface area contributed by atoms with Crippen molar-refractivity contribution in [2.75, 3.05) is 0 Å². The lowest BCUT2D eigenvalue weighted by atomic mass is 10.0. The van der Waals surface area contributed by atoms with Gasteiger partial charge in [-0.1, -0.05) is 52.6 Å². The first-order valence-corrected chi connectivity index (χ1v) is 17.2. The fourth-order valence-electron chi connectivity index (χ4n) is 2.97. The van der Waals surface area contributed by atoms with E-state index in [1.165, 1.54) is 0 Å². The van der Waals surface area contributed by atoms with Gasteiger partial charge in [-0.25, -0.2) is 0 Å². The van der Waals surface area contributed by atoms with Crippen LogP contribution in [-0.4, -0.2) is 51.7 Å². The molecule has 0 amide bonds. The molecule has 0 bridgehead atoms. The Morgan fingerprint density at radius 2 is 1.72 bits per heavy atom. The van der Waals surface area contributed by atoms with Crippen molar-refractivity contribution in [3.05, 3.63) is 12.2 Å². The maximum atomic E-state index is 10.7. The molecule has 0 aromatic heterocycles. The summed E-state index contributed by atoms with van der Waals surface area (Å²) >= 11 is 0. The van der Waals surface area contributed by atoms with Crippen LogP contribution in [0.5, 0.6) is 0 Å². The summed E-state index contributed by atoms with van der Waals surface area (Å²) in [4.78, 5) is 0. The van der Waals surface area contributed by atoms with E-state index in [2.05, 4.69) is 71.9 Å². The Kier molecular flexibility index (Phi) is 8.99. The quantitative estimate of drug-likeness (QED) is 0.323. The predicted molar refractivity (Wildman–Crippen MR) is 127 cm³/mol. The topological polar surface area (TPSA) is 47.9 Å². The van der Waals surface area contributed by atoms with Crippen LogP contribution in [0.4, 0.5) is 0 Å². The molecule has 4 nitrogen and oxygen atoms in total. The second-order valence-electron chi connectivity index (χ2n) is 11.2. The Labute approximate surface area is 181 Å². The molecule has 0 aromatic rings. The third-order valence-corrected chi connectivity index (χ3v) is 11.0. The van der Waals surface area contributed by atoms with Gasteiger partial charge in [-0.05, 0) is 45.3 Å². The van der Waals surface area contributed by atoms with Crippen molar-refractivity contribution >= 4 is 16.4 Å². The van der Waals surface area contributed by atoms with E-state index in [1.54, 1.807) is 0 Å². The average Bonchev–Trinajstić information content (AvgIpc) is 2.79. The molecule has 1 rings (SSSR count). The molecule has 1 fully saturated rings. The molecular formula is C23H44O4Si2. The molecular weight excluding hydrogens is 396 g/mol. The first kappa shape index (κ1) is 26.6. The van der Waals surface area contributed by atoms with E-state index in [4.69, 9.17) is 13.9 Å². The molecule has 0 radical (unpaired) electrons. The van der Waals surface area contributed by atoms with Crippen molar-refractivity contribution in [3.63, 3.8) is 0 Å². The minimum absolute atomic E-state index is 0.120. The molecule has 0 aromatic carbocycles. The van der Waals surface area contributed by atoms with Crippen molar-refractivity contribution in [1.82, 2.24) is 0 Å². The summed E-state index contributed by atoms with van der Waals surface area (Å²) < 4.78 is 18.4. The molecule has 168 valence electrons. The van der Waals surface area contributed by atoms with E-state index < -0.39 is 34.4 Å². The lowest BCUT2D eigenvalue weighted by Crippen LogP contribution is -2.43. The van der Waals surface area contributed by atoms with Crippen LogP contribution in [0.1, 0.15) is 54.4 Å². The summed E-state index contributed by atoms with van der Waals surface area (Å²) in [5, 5.41) is 10.9. The van der Waals surface area contributed by atoms with Crippen molar-refractivity contribution in [1.29, 1.82) is 0 Å². The van der Waals surface area contributed by atoms with Crippen LogP contribution < -0.4 is 0 Å². The van der Waals surface area contributed by atoms with E-state index in [1.807, 2.05) is 26.0 Å². The summed E-state index contributed by atoms with van der Waals surface area (Å²) in [6, 6.07) is 0. The van der Waals surface area contributed by atoms with Gasteiger partial charge in [0.25, 0.3) is 0 Å². The Balaban J connectivity index is 2.69. The second-order valence-corrected chi connectivity index (χ2v) is 20.7. The van der Waals surface area contributed by atoms with Gasteiger partial charge >= 0.3 is 0 Å². The van der Waals surface area contributed by atoms with Gasteiger partial charge in [-0.15, -0.1) is 11.5 Å². The van der Waals surface area contributed by atoms with E-state index in [0.29, 0.717) is 6.42 Å². The highest BCUT2D eigenvalue weighted by Gasteiger charge is 2.43. The minimum atomic E-state index is -1.78. The van der Waals surface area contributed by atoms with Crippen molar-refractivity contribution in [2.24, 2.45) is 0 Å². The molecule has 0 saturated carbocycles. The van der Waals surface area contributed by atoms with Crippen LogP contribution >= 0.6 is 0 Å². The van der Waals surface area contributed by atoms with Crippen LogP contribution in [-0.2, 0) is 13.9 Å². The summed E-state index contributed by atoms with van der Waals surface area (Å²) in [7, 11) is -3.21. The zero-order valence-corrected chi connectivity index (χ0v) is 22.6. The second kappa shape index (κ2) is 9.80. The number of hydrogen-bond donors (Lipinski definition) is 1. The highest BCUT2D eigenvalue weighted by molar-refractivity contribution is 6.83. The number of rotatable bonds is 7. The van der Waals surface area contributed by atoms with E-state index in [9.17, 15) is 5.11 Å². The number of hydrogen-bond acceptors (Lipinski definition) is 4. The van der Waals surface area contributed by atoms with Gasteiger partial charge in [0, 0.05) is 12.5 Å². The molecule has 1 aliphatic rings. The zero-order chi connectivity index (χ0) is 22.7. The Morgan fingerprint density at radius 3 is 2.24 bits per heavy atom. The van der Waals surface area contributed by atoms with E-state index in [-0.39, 0.29) is 17.2 Å². The molecule has 0 spiro atoms. The van der Waals surface area contributed by atoms with E-state index >= 15 is 0 Å². The fourth-order valence-corrected chi connectivity index (χ4v) is 5.06. The summed E-state index contributed by atoms with van der Waals surface area (Å²) in [6.07, 6.45) is 3.92. The van der Waals surface area contributed by atoms with Crippen LogP contribution in [0.3, 0.4) is 0 Å². The molecule has 6 heteroatoms. The van der Waals surface area contributed by atoms with Gasteiger partial charge in [-0.3, -0.25) is 0 Å². The summed E-state index contributed by atoms with van der Waals surface area (Å²) in [5.41, 5.74) is 3.37. The SMILES string of the molecule is C[C@H](C/C=C\C(O)[C@H]1OC(C)(C)O[C@H]1CC#C[Si](C)(C)C)O[Si](C)(C)C(C)(C)C. The maximum absolute atomic E-state index is 10.7. The lowest BCUT2D eigenvalue weighted by molar-refractivity contribution is -0.152. The van der Waals surface area contributed by atoms with Crippen LogP contribution in [0.2, 0.25) is 37.8 Å². The molecule has 1 saturated heterocycles. The fraction of sp³-hybridized carbons (Fsp3) is 0.826. The van der Waals surface area contributed by atoms with Gasteiger partial charge in [0.1, 0.15) is 26.4 Å². The summed E-state index contributed by atoms with van der Waals surface area (Å²) in [5.74, 6) is 2.56. The Bertz CT molecular complexity index is 618. The van der Waals surface area contributed by atoms with Crippen LogP contribution in [0.25, 0.3) is 0 Å². The highest BCUT2D eigenvalue weighted by Crippen LogP contribution is 2.37. The third-order valence-electron chi connectivity index (χ3n) is 5.43. The monoisotopic (exact) mass is 440 g/mol. The number of aliphatic hydroxyl groups excluding tert-OH is 1. The van der Waals surface area contributed by atoms with Crippen LogP contribution in [0.15, 0.2) is 12.2 Å². The van der Waals surface area contributed by atoms with Crippen LogP contribution in [0, 0.1) is 11.5 Å². The smallest absolute Gasteiger partial charge is 0.192 e. The van der Waals surface area contributed by atoms with Crippen molar-refractivity contribution in [3.8, 4) is 11.5 Å². The average molecular weight is 441 g/mol. The van der Waals surface area contributed by atoms with Gasteiger partial charge in [0.15, 0.2) is 14.1 Å². The highest BCUT2D eigenvalue weighted by atomic mass is 28.4. The van der Waals surface area contributed by atoms with Crippen molar-refractivity contribution in [2.45, 2.75) is 122 Å². The first-order valence-electron chi connectivity index (χ1n) is 10.8. The van der Waals surface area contributed by atoms with Gasteiger partial charge in [0.05, 0.1) is 0 Å². The third kappa shape index (κ3) is 9.08.